The molecule has 3 heteroatoms. The zero-order chi connectivity index (χ0) is 11.7. The summed E-state index contributed by atoms with van der Waals surface area (Å²) in [5.41, 5.74) is 1.02. The minimum absolute atomic E-state index is 0.299. The number of alkyl halides is 1. The summed E-state index contributed by atoms with van der Waals surface area (Å²) in [6.07, 6.45) is 1.71. The van der Waals surface area contributed by atoms with E-state index >= 15 is 0 Å². The van der Waals surface area contributed by atoms with Crippen LogP contribution in [0.2, 0.25) is 0 Å². The van der Waals surface area contributed by atoms with Crippen LogP contribution in [0.15, 0.2) is 53.1 Å². The van der Waals surface area contributed by atoms with Crippen molar-refractivity contribution in [1.82, 2.24) is 4.98 Å². The molecule has 0 amide bonds. The lowest BCUT2D eigenvalue weighted by atomic mass is 10.1. The summed E-state index contributed by atoms with van der Waals surface area (Å²) in [4.78, 5) is 4.09. The van der Waals surface area contributed by atoms with E-state index in [0.29, 0.717) is 11.8 Å². The predicted octanol–water partition coefficient (Wildman–Crippen LogP) is 4.23. The normalized spacial score (nSPS) is 10.9. The standard InChI is InChI=1S/C14H10ClNO/c15-8-14-16-9-13(17-14)12-6-5-10-3-1-2-4-11(10)7-12/h1-7,9H,8H2. The van der Waals surface area contributed by atoms with Crippen LogP contribution in [0.4, 0.5) is 0 Å². The number of rotatable bonds is 2. The van der Waals surface area contributed by atoms with Crippen molar-refractivity contribution in [2.75, 3.05) is 0 Å². The first-order chi connectivity index (χ1) is 8.36. The SMILES string of the molecule is ClCc1ncc(-c2ccc3ccccc3c2)o1. The van der Waals surface area contributed by atoms with Crippen LogP contribution < -0.4 is 0 Å². The number of nitrogens with zero attached hydrogens (tertiary/aromatic N) is 1. The zero-order valence-corrected chi connectivity index (χ0v) is 9.82. The van der Waals surface area contributed by atoms with Gasteiger partial charge >= 0.3 is 0 Å². The van der Waals surface area contributed by atoms with Gasteiger partial charge in [0, 0.05) is 5.56 Å². The molecule has 0 spiro atoms. The average molecular weight is 244 g/mol. The maximum atomic E-state index is 5.67. The molecule has 3 rings (SSSR count). The second-order valence-electron chi connectivity index (χ2n) is 3.81. The molecule has 0 aliphatic rings. The van der Waals surface area contributed by atoms with E-state index in [1.807, 2.05) is 18.2 Å². The molecule has 3 aromatic rings. The van der Waals surface area contributed by atoms with Crippen molar-refractivity contribution in [2.24, 2.45) is 0 Å². The Morgan fingerprint density at radius 2 is 1.88 bits per heavy atom. The molecule has 0 unspecified atom stereocenters. The van der Waals surface area contributed by atoms with Crippen LogP contribution in [-0.4, -0.2) is 4.98 Å². The third kappa shape index (κ3) is 1.92. The van der Waals surface area contributed by atoms with Crippen LogP contribution in [0, 0.1) is 0 Å². The molecule has 0 atom stereocenters. The quantitative estimate of drug-likeness (QED) is 0.630. The lowest BCUT2D eigenvalue weighted by Gasteiger charge is -2.00. The number of hydrogen-bond donors (Lipinski definition) is 0. The van der Waals surface area contributed by atoms with Gasteiger partial charge in [0.1, 0.15) is 0 Å². The first-order valence-corrected chi connectivity index (χ1v) is 5.90. The Balaban J connectivity index is 2.11. The molecule has 0 saturated heterocycles. The molecule has 17 heavy (non-hydrogen) atoms. The van der Waals surface area contributed by atoms with Crippen molar-refractivity contribution in [2.45, 2.75) is 5.88 Å². The molecular formula is C14H10ClNO. The largest absolute Gasteiger partial charge is 0.439 e. The van der Waals surface area contributed by atoms with Gasteiger partial charge in [-0.2, -0.15) is 0 Å². The van der Waals surface area contributed by atoms with Gasteiger partial charge in [-0.05, 0) is 16.8 Å². The van der Waals surface area contributed by atoms with Crippen molar-refractivity contribution in [3.8, 4) is 11.3 Å². The summed E-state index contributed by atoms with van der Waals surface area (Å²) in [5.74, 6) is 1.61. The van der Waals surface area contributed by atoms with Crippen LogP contribution in [0.5, 0.6) is 0 Å². The molecule has 2 nitrogen and oxygen atoms in total. The molecule has 0 aliphatic carbocycles. The van der Waals surface area contributed by atoms with E-state index < -0.39 is 0 Å². The second kappa shape index (κ2) is 4.22. The number of halogens is 1. The predicted molar refractivity (Wildman–Crippen MR) is 69.0 cm³/mol. The molecule has 0 N–H and O–H groups in total. The van der Waals surface area contributed by atoms with Gasteiger partial charge in [-0.15, -0.1) is 11.6 Å². The smallest absolute Gasteiger partial charge is 0.209 e. The van der Waals surface area contributed by atoms with Gasteiger partial charge in [0.05, 0.1) is 12.1 Å². The molecular weight excluding hydrogens is 234 g/mol. The fraction of sp³-hybridized carbons (Fsp3) is 0.0714. The van der Waals surface area contributed by atoms with E-state index in [1.165, 1.54) is 10.8 Å². The van der Waals surface area contributed by atoms with Crippen LogP contribution in [-0.2, 0) is 5.88 Å². The fourth-order valence-corrected chi connectivity index (χ4v) is 1.97. The van der Waals surface area contributed by atoms with Crippen molar-refractivity contribution < 1.29 is 4.42 Å². The van der Waals surface area contributed by atoms with E-state index in [4.69, 9.17) is 16.0 Å². The molecule has 2 aromatic carbocycles. The van der Waals surface area contributed by atoms with Crippen LogP contribution >= 0.6 is 11.6 Å². The van der Waals surface area contributed by atoms with E-state index in [9.17, 15) is 0 Å². The minimum atomic E-state index is 0.299. The topological polar surface area (TPSA) is 26.0 Å². The molecule has 1 aromatic heterocycles. The van der Waals surface area contributed by atoms with Gasteiger partial charge in [0.15, 0.2) is 5.76 Å². The van der Waals surface area contributed by atoms with Gasteiger partial charge in [-0.3, -0.25) is 0 Å². The summed E-state index contributed by atoms with van der Waals surface area (Å²) in [6.45, 7) is 0. The number of hydrogen-bond acceptors (Lipinski definition) is 2. The Kier molecular flexibility index (Phi) is 2.57. The van der Waals surface area contributed by atoms with E-state index in [-0.39, 0.29) is 0 Å². The van der Waals surface area contributed by atoms with Crippen molar-refractivity contribution in [3.05, 3.63) is 54.6 Å². The summed E-state index contributed by atoms with van der Waals surface area (Å²) >= 11 is 5.67. The van der Waals surface area contributed by atoms with Crippen molar-refractivity contribution in [1.29, 1.82) is 0 Å². The van der Waals surface area contributed by atoms with Gasteiger partial charge in [-0.25, -0.2) is 4.98 Å². The highest BCUT2D eigenvalue weighted by atomic mass is 35.5. The Morgan fingerprint density at radius 3 is 2.65 bits per heavy atom. The highest BCUT2D eigenvalue weighted by Crippen LogP contribution is 2.25. The van der Waals surface area contributed by atoms with Gasteiger partial charge in [0.25, 0.3) is 0 Å². The fourth-order valence-electron chi connectivity index (χ4n) is 1.85. The summed E-state index contributed by atoms with van der Waals surface area (Å²) in [6, 6.07) is 14.4. The first kappa shape index (κ1) is 10.4. The third-order valence-corrected chi connectivity index (χ3v) is 2.93. The van der Waals surface area contributed by atoms with E-state index in [2.05, 4.69) is 29.2 Å². The number of fused-ring (bicyclic) bond motifs is 1. The third-order valence-electron chi connectivity index (χ3n) is 2.70. The zero-order valence-electron chi connectivity index (χ0n) is 9.06. The molecule has 0 bridgehead atoms. The molecule has 0 radical (unpaired) electrons. The van der Waals surface area contributed by atoms with Crippen LogP contribution in [0.1, 0.15) is 5.89 Å². The second-order valence-corrected chi connectivity index (χ2v) is 4.08. The van der Waals surface area contributed by atoms with Crippen LogP contribution in [0.3, 0.4) is 0 Å². The van der Waals surface area contributed by atoms with Crippen LogP contribution in [0.25, 0.3) is 22.1 Å². The summed E-state index contributed by atoms with van der Waals surface area (Å²) in [5, 5.41) is 2.40. The minimum Gasteiger partial charge on any atom is -0.439 e. The number of benzene rings is 2. The first-order valence-electron chi connectivity index (χ1n) is 5.36. The number of aromatic nitrogens is 1. The highest BCUT2D eigenvalue weighted by molar-refractivity contribution is 6.16. The monoisotopic (exact) mass is 243 g/mol. The average Bonchev–Trinajstić information content (AvgIpc) is 2.87. The van der Waals surface area contributed by atoms with Crippen molar-refractivity contribution >= 4 is 22.4 Å². The number of oxazole rings is 1. The van der Waals surface area contributed by atoms with Gasteiger partial charge in [0.2, 0.25) is 5.89 Å². The molecule has 0 saturated carbocycles. The summed E-state index contributed by atoms with van der Waals surface area (Å²) in [7, 11) is 0. The highest BCUT2D eigenvalue weighted by Gasteiger charge is 2.05. The molecule has 0 fully saturated rings. The van der Waals surface area contributed by atoms with Crippen molar-refractivity contribution in [3.63, 3.8) is 0 Å². The van der Waals surface area contributed by atoms with E-state index in [0.717, 1.165) is 11.3 Å². The Bertz CT molecular complexity index is 660. The lowest BCUT2D eigenvalue weighted by Crippen LogP contribution is -1.76. The van der Waals surface area contributed by atoms with Gasteiger partial charge in [-0.1, -0.05) is 36.4 Å². The summed E-state index contributed by atoms with van der Waals surface area (Å²) < 4.78 is 5.52. The Hall–Kier alpha value is -1.80. The van der Waals surface area contributed by atoms with Gasteiger partial charge < -0.3 is 4.42 Å². The Morgan fingerprint density at radius 1 is 1.06 bits per heavy atom. The Labute approximate surface area is 104 Å². The maximum absolute atomic E-state index is 5.67. The van der Waals surface area contributed by atoms with E-state index in [1.54, 1.807) is 6.20 Å². The molecule has 0 aliphatic heterocycles. The molecule has 84 valence electrons. The maximum Gasteiger partial charge on any atom is 0.209 e. The molecule has 1 heterocycles. The lowest BCUT2D eigenvalue weighted by molar-refractivity contribution is 0.529.